The van der Waals surface area contributed by atoms with Gasteiger partial charge in [-0.15, -0.1) is 0 Å². The number of hydrogen-bond donors (Lipinski definition) is 1. The number of carbonyl (C=O) groups is 1. The smallest absolute Gasteiger partial charge is 0.342 e. The van der Waals surface area contributed by atoms with E-state index in [1.807, 2.05) is 6.07 Å². The van der Waals surface area contributed by atoms with Crippen LogP contribution in [0.15, 0.2) is 18.2 Å². The van der Waals surface area contributed by atoms with Crippen molar-refractivity contribution < 1.29 is 14.6 Å². The fourth-order valence-electron chi connectivity index (χ4n) is 3.69. The second kappa shape index (κ2) is 11.2. The van der Waals surface area contributed by atoms with Crippen LogP contribution >= 0.6 is 0 Å². The summed E-state index contributed by atoms with van der Waals surface area (Å²) in [6.45, 7) is 2.26. The number of rotatable bonds is 12. The van der Waals surface area contributed by atoms with Crippen molar-refractivity contribution in [2.45, 2.75) is 96.5 Å². The van der Waals surface area contributed by atoms with Crippen molar-refractivity contribution in [2.75, 3.05) is 0 Å². The van der Waals surface area contributed by atoms with E-state index in [1.54, 1.807) is 12.1 Å². The van der Waals surface area contributed by atoms with Crippen molar-refractivity contribution in [3.8, 4) is 5.75 Å². The number of carbonyl (C=O) groups excluding carboxylic acids is 1. The van der Waals surface area contributed by atoms with Crippen molar-refractivity contribution in [3.63, 3.8) is 0 Å². The first kappa shape index (κ1) is 19.8. The van der Waals surface area contributed by atoms with Gasteiger partial charge in [-0.05, 0) is 24.5 Å². The molecule has 1 atom stereocenters. The highest BCUT2D eigenvalue weighted by atomic mass is 16.5. The van der Waals surface area contributed by atoms with Gasteiger partial charge in [0.1, 0.15) is 17.4 Å². The van der Waals surface area contributed by atoms with Gasteiger partial charge in [0, 0.05) is 6.42 Å². The molecular formula is C22H34O3. The average Bonchev–Trinajstić information content (AvgIpc) is 2.59. The Balaban J connectivity index is 1.53. The van der Waals surface area contributed by atoms with Crippen LogP contribution in [0.5, 0.6) is 5.75 Å². The maximum absolute atomic E-state index is 12.0. The minimum absolute atomic E-state index is 0.0274. The van der Waals surface area contributed by atoms with Crippen molar-refractivity contribution in [2.24, 2.45) is 0 Å². The summed E-state index contributed by atoms with van der Waals surface area (Å²) >= 11 is 0. The Morgan fingerprint density at radius 3 is 2.20 bits per heavy atom. The van der Waals surface area contributed by atoms with Gasteiger partial charge in [0.25, 0.3) is 0 Å². The Morgan fingerprint density at radius 2 is 1.56 bits per heavy atom. The molecule has 0 fully saturated rings. The molecule has 1 aromatic carbocycles. The van der Waals surface area contributed by atoms with Crippen LogP contribution in [-0.2, 0) is 11.2 Å². The van der Waals surface area contributed by atoms with Crippen LogP contribution in [0.2, 0.25) is 0 Å². The lowest BCUT2D eigenvalue weighted by molar-refractivity contribution is 0.0227. The van der Waals surface area contributed by atoms with E-state index in [2.05, 4.69) is 6.92 Å². The number of esters is 1. The largest absolute Gasteiger partial charge is 0.507 e. The van der Waals surface area contributed by atoms with E-state index in [0.717, 1.165) is 24.8 Å². The quantitative estimate of drug-likeness (QED) is 0.363. The lowest BCUT2D eigenvalue weighted by Crippen LogP contribution is -2.27. The average molecular weight is 347 g/mol. The molecule has 3 heteroatoms. The van der Waals surface area contributed by atoms with Gasteiger partial charge in [-0.2, -0.15) is 0 Å². The second-order valence-corrected chi connectivity index (χ2v) is 7.37. The SMILES string of the molecule is CCCCCCCCCCCCC[C@H]1Cc2cccc(O)c2C(=O)O1. The molecule has 2 rings (SSSR count). The summed E-state index contributed by atoms with van der Waals surface area (Å²) in [6.07, 6.45) is 16.2. The first-order chi connectivity index (χ1) is 12.2. The molecule has 0 unspecified atom stereocenters. The molecule has 0 bridgehead atoms. The monoisotopic (exact) mass is 346 g/mol. The van der Waals surface area contributed by atoms with Crippen molar-refractivity contribution in [1.82, 2.24) is 0 Å². The number of benzene rings is 1. The van der Waals surface area contributed by atoms with Crippen LogP contribution in [0.3, 0.4) is 0 Å². The van der Waals surface area contributed by atoms with Gasteiger partial charge in [0.15, 0.2) is 0 Å². The minimum atomic E-state index is -0.368. The van der Waals surface area contributed by atoms with Gasteiger partial charge in [-0.1, -0.05) is 83.3 Å². The second-order valence-electron chi connectivity index (χ2n) is 7.37. The van der Waals surface area contributed by atoms with Crippen molar-refractivity contribution >= 4 is 5.97 Å². The van der Waals surface area contributed by atoms with Crippen LogP contribution < -0.4 is 0 Å². The van der Waals surface area contributed by atoms with Crippen molar-refractivity contribution in [3.05, 3.63) is 29.3 Å². The number of ether oxygens (including phenoxy) is 1. The summed E-state index contributed by atoms with van der Waals surface area (Å²) in [4.78, 5) is 12.0. The van der Waals surface area contributed by atoms with E-state index in [9.17, 15) is 9.90 Å². The van der Waals surface area contributed by atoms with E-state index in [0.29, 0.717) is 5.56 Å². The molecule has 1 aromatic rings. The summed E-state index contributed by atoms with van der Waals surface area (Å²) in [6, 6.07) is 5.26. The Hall–Kier alpha value is -1.51. The molecule has 1 aliphatic heterocycles. The predicted molar refractivity (Wildman–Crippen MR) is 102 cm³/mol. The molecule has 0 saturated heterocycles. The number of phenolic OH excluding ortho intramolecular Hbond substituents is 1. The van der Waals surface area contributed by atoms with Crippen LogP contribution in [0.1, 0.15) is 99.9 Å². The molecule has 0 radical (unpaired) electrons. The van der Waals surface area contributed by atoms with Gasteiger partial charge in [-0.3, -0.25) is 0 Å². The highest BCUT2D eigenvalue weighted by Crippen LogP contribution is 2.29. The van der Waals surface area contributed by atoms with Crippen LogP contribution in [-0.4, -0.2) is 17.2 Å². The predicted octanol–water partition coefficient (Wildman–Crippen LogP) is 6.17. The standard InChI is InChI=1S/C22H34O3/c1-2-3-4-5-6-7-8-9-10-11-12-15-19-17-18-14-13-16-20(23)21(18)22(24)25-19/h13-14,16,19,23H,2-12,15,17H2,1H3/t19-/m0/s1. The molecule has 0 aliphatic carbocycles. The van der Waals surface area contributed by atoms with Crippen molar-refractivity contribution in [1.29, 1.82) is 0 Å². The molecule has 0 saturated carbocycles. The summed E-state index contributed by atoms with van der Waals surface area (Å²) in [7, 11) is 0. The molecule has 1 N–H and O–H groups in total. The third-order valence-electron chi connectivity index (χ3n) is 5.18. The van der Waals surface area contributed by atoms with Gasteiger partial charge >= 0.3 is 5.97 Å². The number of hydrogen-bond acceptors (Lipinski definition) is 3. The Bertz CT molecular complexity index is 524. The Kier molecular flexibility index (Phi) is 8.85. The molecule has 140 valence electrons. The highest BCUT2D eigenvalue weighted by molar-refractivity contribution is 5.95. The van der Waals surface area contributed by atoms with Gasteiger partial charge < -0.3 is 9.84 Å². The zero-order valence-corrected chi connectivity index (χ0v) is 15.8. The lowest BCUT2D eigenvalue weighted by Gasteiger charge is -2.25. The highest BCUT2D eigenvalue weighted by Gasteiger charge is 2.28. The first-order valence-electron chi connectivity index (χ1n) is 10.2. The van der Waals surface area contributed by atoms with Crippen LogP contribution in [0.4, 0.5) is 0 Å². The first-order valence-corrected chi connectivity index (χ1v) is 10.2. The van der Waals surface area contributed by atoms with E-state index < -0.39 is 0 Å². The molecule has 0 spiro atoms. The lowest BCUT2D eigenvalue weighted by atomic mass is 9.95. The fourth-order valence-corrected chi connectivity index (χ4v) is 3.69. The number of aromatic hydroxyl groups is 1. The van der Waals surface area contributed by atoms with E-state index in [1.165, 1.54) is 64.2 Å². The molecular weight excluding hydrogens is 312 g/mol. The number of phenols is 1. The zero-order valence-electron chi connectivity index (χ0n) is 15.8. The molecule has 0 aromatic heterocycles. The zero-order chi connectivity index (χ0) is 17.9. The Morgan fingerprint density at radius 1 is 0.960 bits per heavy atom. The molecule has 1 aliphatic rings. The normalized spacial score (nSPS) is 16.5. The summed E-state index contributed by atoms with van der Waals surface area (Å²) < 4.78 is 5.49. The van der Waals surface area contributed by atoms with Crippen LogP contribution in [0, 0.1) is 0 Å². The van der Waals surface area contributed by atoms with Crippen LogP contribution in [0.25, 0.3) is 0 Å². The van der Waals surface area contributed by atoms with E-state index >= 15 is 0 Å². The number of cyclic esters (lactones) is 1. The summed E-state index contributed by atoms with van der Waals surface area (Å²) in [5.41, 5.74) is 1.28. The molecule has 1 heterocycles. The van der Waals surface area contributed by atoms with Gasteiger partial charge in [0.05, 0.1) is 0 Å². The number of unbranched alkanes of at least 4 members (excludes halogenated alkanes) is 10. The topological polar surface area (TPSA) is 46.5 Å². The summed E-state index contributed by atoms with van der Waals surface area (Å²) in [5.74, 6) is -0.330. The van der Waals surface area contributed by atoms with E-state index in [-0.39, 0.29) is 17.8 Å². The maximum Gasteiger partial charge on any atom is 0.342 e. The molecule has 25 heavy (non-hydrogen) atoms. The minimum Gasteiger partial charge on any atom is -0.507 e. The fraction of sp³-hybridized carbons (Fsp3) is 0.682. The summed E-state index contributed by atoms with van der Waals surface area (Å²) in [5, 5.41) is 9.79. The number of fused-ring (bicyclic) bond motifs is 1. The molecule has 0 amide bonds. The maximum atomic E-state index is 12.0. The Labute approximate surface area is 152 Å². The van der Waals surface area contributed by atoms with Gasteiger partial charge in [-0.25, -0.2) is 4.79 Å². The molecule has 3 nitrogen and oxygen atoms in total. The van der Waals surface area contributed by atoms with Gasteiger partial charge in [0.2, 0.25) is 0 Å². The van der Waals surface area contributed by atoms with E-state index in [4.69, 9.17) is 4.74 Å². The third kappa shape index (κ3) is 6.72. The third-order valence-corrected chi connectivity index (χ3v) is 5.18.